The molecule has 0 unspecified atom stereocenters. The number of benzene rings is 26. The summed E-state index contributed by atoms with van der Waals surface area (Å²) in [6, 6.07) is 225. The molecule has 702 valence electrons. The maximum atomic E-state index is 2.38. The van der Waals surface area contributed by atoms with E-state index in [4.69, 9.17) is 0 Å². The van der Waals surface area contributed by atoms with Crippen LogP contribution in [-0.2, 0) is 0 Å². The Morgan fingerprint density at radius 2 is 0.275 bits per heavy atom. The van der Waals surface area contributed by atoms with Crippen molar-refractivity contribution in [3.05, 3.63) is 625 Å². The SMILES string of the molecule is c1ccc(-c2ccc(N(c3ccc(-c4ccccc4)cc3)c3ccc(-c4cccc5c4c(-c4ccccc4)cc4ccccc45)cc3)cc2)cc1.c1ccc(-c2ccc(N(c3ccc(-c4ccccc4)cc3)c3ccc(-c4cccc5c4cc(-c4ccccc4)c4ccccc45)cc3)cc2)cc1.c1ccc(-c2ccc(N(c3ccc(-c4ccccc4)cc3)c3ccc(-c4cccc5cccc(-c6ccccc6)c45)cc3)cc2)cc1. The lowest BCUT2D eigenvalue weighted by Gasteiger charge is -2.26. The minimum absolute atomic E-state index is 1.10. The van der Waals surface area contributed by atoms with Gasteiger partial charge < -0.3 is 14.7 Å². The highest BCUT2D eigenvalue weighted by Gasteiger charge is 2.23. The molecule has 26 rings (SSSR count). The van der Waals surface area contributed by atoms with E-state index >= 15 is 0 Å². The van der Waals surface area contributed by atoms with Crippen LogP contribution in [0.15, 0.2) is 625 Å². The van der Waals surface area contributed by atoms with Crippen molar-refractivity contribution in [1.82, 2.24) is 0 Å². The zero-order valence-corrected chi connectivity index (χ0v) is 82.3. The Balaban J connectivity index is 0.000000119. The number of fused-ring (bicyclic) bond motifs is 7. The molecular weight excluding hydrogens is 1800 g/mol. The highest BCUT2D eigenvalue weighted by molar-refractivity contribution is 6.20. The van der Waals surface area contributed by atoms with E-state index in [1.165, 1.54) is 187 Å². The van der Waals surface area contributed by atoms with E-state index in [9.17, 15) is 0 Å². The van der Waals surface area contributed by atoms with Crippen molar-refractivity contribution in [2.75, 3.05) is 14.7 Å². The summed E-state index contributed by atoms with van der Waals surface area (Å²) in [6.45, 7) is 0. The van der Waals surface area contributed by atoms with E-state index in [0.717, 1.165) is 51.2 Å². The van der Waals surface area contributed by atoms with Crippen molar-refractivity contribution in [2.24, 2.45) is 0 Å². The first-order chi connectivity index (χ1) is 73.9. The molecule has 0 saturated heterocycles. The standard InChI is InChI=1S/2C50H35N.C46H33N/c1-4-13-36(14-5-1)38-23-29-42(30-24-38)51(43-31-25-39(26-32-43)37-15-6-2-7-16-37)44-33-27-41(28-34-44)45-21-12-22-48-46-19-10-11-20-47(46)49(35-50(45)48)40-17-8-3-9-18-40;1-4-13-36(14-5-1)38-23-29-43(30-24-38)51(44-31-25-39(26-32-44)37-15-6-2-7-16-37)45-33-27-41(28-34-45)47-21-12-22-48-46-20-11-10-19-42(46)35-49(50(47)48)40-17-8-3-9-18-40;1-4-12-34(13-5-1)36-22-28-41(29-23-36)47(42-30-24-37(25-31-42)35-14-6-2-7-15-35)43-32-26-39(27-33-43)45-21-11-19-40-18-10-20-44(46(40)45)38-16-8-3-9-17-38/h2*1-35H;1-33H. The van der Waals surface area contributed by atoms with Crippen molar-refractivity contribution in [2.45, 2.75) is 0 Å². The monoisotopic (exact) mass is 1900 g/mol. The van der Waals surface area contributed by atoms with E-state index < -0.39 is 0 Å². The Morgan fingerprint density at radius 3 is 0.584 bits per heavy atom. The normalized spacial score (nSPS) is 11.1. The van der Waals surface area contributed by atoms with Crippen LogP contribution >= 0.6 is 0 Å². The molecule has 0 fully saturated rings. The summed E-state index contributed by atoms with van der Waals surface area (Å²) in [4.78, 5) is 7.03. The summed E-state index contributed by atoms with van der Waals surface area (Å²) >= 11 is 0. The predicted molar refractivity (Wildman–Crippen MR) is 636 cm³/mol. The molecule has 0 aliphatic carbocycles. The van der Waals surface area contributed by atoms with Gasteiger partial charge in [0.15, 0.2) is 0 Å². The maximum absolute atomic E-state index is 2.38. The minimum atomic E-state index is 1.10. The maximum Gasteiger partial charge on any atom is 0.0462 e. The molecule has 0 aromatic heterocycles. The van der Waals surface area contributed by atoms with Crippen LogP contribution in [0.1, 0.15) is 0 Å². The van der Waals surface area contributed by atoms with Gasteiger partial charge in [0.25, 0.3) is 0 Å². The third-order valence-corrected chi connectivity index (χ3v) is 28.7. The van der Waals surface area contributed by atoms with Crippen LogP contribution in [0, 0.1) is 0 Å². The molecule has 26 aromatic carbocycles. The molecular formula is C146H103N3. The third-order valence-electron chi connectivity index (χ3n) is 28.7. The first kappa shape index (κ1) is 91.9. The lowest BCUT2D eigenvalue weighted by molar-refractivity contribution is 1.28. The predicted octanol–water partition coefficient (Wildman–Crippen LogP) is 41.2. The summed E-state index contributed by atoms with van der Waals surface area (Å²) in [5.41, 5.74) is 39.2. The van der Waals surface area contributed by atoms with Gasteiger partial charge in [-0.05, 0) is 309 Å². The van der Waals surface area contributed by atoms with Gasteiger partial charge in [-0.2, -0.15) is 0 Å². The Morgan fingerprint density at radius 1 is 0.0872 bits per heavy atom. The molecule has 0 bridgehead atoms. The van der Waals surface area contributed by atoms with Crippen LogP contribution in [0.5, 0.6) is 0 Å². The average molecular weight is 1900 g/mol. The highest BCUT2D eigenvalue weighted by Crippen LogP contribution is 2.49. The fourth-order valence-electron chi connectivity index (χ4n) is 21.2. The second kappa shape index (κ2) is 42.5. The van der Waals surface area contributed by atoms with Gasteiger partial charge in [-0.15, -0.1) is 0 Å². The zero-order valence-electron chi connectivity index (χ0n) is 82.3. The number of hydrogen-bond acceptors (Lipinski definition) is 3. The van der Waals surface area contributed by atoms with Gasteiger partial charge in [-0.3, -0.25) is 0 Å². The van der Waals surface area contributed by atoms with Crippen molar-refractivity contribution in [1.29, 1.82) is 0 Å². The average Bonchev–Trinajstić information content (AvgIpc) is 0.750. The Bertz CT molecular complexity index is 8830. The Labute approximate surface area is 871 Å². The summed E-state index contributed by atoms with van der Waals surface area (Å²) in [6.07, 6.45) is 0. The third kappa shape index (κ3) is 19.5. The number of rotatable bonds is 21. The van der Waals surface area contributed by atoms with Gasteiger partial charge in [-0.1, -0.05) is 504 Å². The smallest absolute Gasteiger partial charge is 0.0462 e. The van der Waals surface area contributed by atoms with Gasteiger partial charge in [0.1, 0.15) is 0 Å². The second-order valence-corrected chi connectivity index (χ2v) is 37.7. The minimum Gasteiger partial charge on any atom is -0.311 e. The molecule has 0 aliphatic heterocycles. The molecule has 0 amide bonds. The molecule has 3 nitrogen and oxygen atoms in total. The molecule has 149 heavy (non-hydrogen) atoms. The van der Waals surface area contributed by atoms with Gasteiger partial charge in [0, 0.05) is 51.2 Å². The topological polar surface area (TPSA) is 9.72 Å². The van der Waals surface area contributed by atoms with Crippen molar-refractivity contribution in [3.63, 3.8) is 0 Å². The Hall–Kier alpha value is -19.6. The Kier molecular flexibility index (Phi) is 26.2. The van der Waals surface area contributed by atoms with Crippen LogP contribution in [0.3, 0.4) is 0 Å². The lowest BCUT2D eigenvalue weighted by atomic mass is 9.88. The summed E-state index contributed by atoms with van der Waals surface area (Å²) in [7, 11) is 0. The molecule has 0 N–H and O–H groups in total. The van der Waals surface area contributed by atoms with Crippen LogP contribution in [0.25, 0.3) is 187 Å². The summed E-state index contributed by atoms with van der Waals surface area (Å²) in [5, 5.41) is 12.7. The molecule has 0 aliphatic rings. The zero-order chi connectivity index (χ0) is 99.4. The molecule has 0 radical (unpaired) electrons. The number of hydrogen-bond donors (Lipinski definition) is 0. The van der Waals surface area contributed by atoms with Crippen LogP contribution in [0.4, 0.5) is 51.2 Å². The van der Waals surface area contributed by atoms with E-state index in [1.807, 2.05) is 0 Å². The van der Waals surface area contributed by atoms with Crippen LogP contribution < -0.4 is 14.7 Å². The largest absolute Gasteiger partial charge is 0.311 e. The van der Waals surface area contributed by atoms with Crippen molar-refractivity contribution < 1.29 is 0 Å². The molecule has 26 aromatic rings. The molecule has 0 heterocycles. The lowest BCUT2D eigenvalue weighted by Crippen LogP contribution is -2.09. The molecule has 0 saturated carbocycles. The number of anilines is 9. The molecule has 0 atom stereocenters. The van der Waals surface area contributed by atoms with Gasteiger partial charge in [0.05, 0.1) is 0 Å². The van der Waals surface area contributed by atoms with E-state index in [-0.39, 0.29) is 0 Å². The summed E-state index contributed by atoms with van der Waals surface area (Å²) in [5.74, 6) is 0. The van der Waals surface area contributed by atoms with Crippen LogP contribution in [-0.4, -0.2) is 0 Å². The summed E-state index contributed by atoms with van der Waals surface area (Å²) < 4.78 is 0. The molecule has 0 spiro atoms. The fraction of sp³-hybridized carbons (Fsp3) is 0. The van der Waals surface area contributed by atoms with Gasteiger partial charge in [0.2, 0.25) is 0 Å². The first-order valence-corrected chi connectivity index (χ1v) is 51.1. The van der Waals surface area contributed by atoms with E-state index in [0.29, 0.717) is 0 Å². The highest BCUT2D eigenvalue weighted by atomic mass is 15.2. The quantitative estimate of drug-likeness (QED) is 0.0664. The fourth-order valence-corrected chi connectivity index (χ4v) is 21.2. The van der Waals surface area contributed by atoms with Crippen molar-refractivity contribution >= 4 is 105 Å². The van der Waals surface area contributed by atoms with E-state index in [2.05, 4.69) is 640 Å². The van der Waals surface area contributed by atoms with Gasteiger partial charge in [-0.25, -0.2) is 0 Å². The van der Waals surface area contributed by atoms with Gasteiger partial charge >= 0.3 is 0 Å². The molecule has 3 heteroatoms. The van der Waals surface area contributed by atoms with Crippen molar-refractivity contribution in [3.8, 4) is 134 Å². The second-order valence-electron chi connectivity index (χ2n) is 37.7. The van der Waals surface area contributed by atoms with E-state index in [1.54, 1.807) is 0 Å². The first-order valence-electron chi connectivity index (χ1n) is 51.1. The van der Waals surface area contributed by atoms with Crippen LogP contribution in [0.2, 0.25) is 0 Å². The number of nitrogens with zero attached hydrogens (tertiary/aromatic N) is 3.